The normalized spacial score (nSPS) is 46.4. The average molecular weight is 278 g/mol. The van der Waals surface area contributed by atoms with Gasteiger partial charge in [-0.15, -0.1) is 0 Å². The molecule has 1 saturated heterocycles. The predicted molar refractivity (Wildman–Crippen MR) is 76.2 cm³/mol. The van der Waals surface area contributed by atoms with Gasteiger partial charge in [0.1, 0.15) is 0 Å². The molecule has 1 heterocycles. The van der Waals surface area contributed by atoms with Crippen molar-refractivity contribution in [3.05, 3.63) is 0 Å². The van der Waals surface area contributed by atoms with Gasteiger partial charge in [0.15, 0.2) is 0 Å². The molecule has 0 aromatic rings. The van der Waals surface area contributed by atoms with Crippen LogP contribution in [-0.4, -0.2) is 37.7 Å². The Morgan fingerprint density at radius 1 is 1.10 bits per heavy atom. The average Bonchev–Trinajstić information content (AvgIpc) is 2.43. The highest BCUT2D eigenvalue weighted by Crippen LogP contribution is 2.53. The van der Waals surface area contributed by atoms with E-state index in [4.69, 9.17) is 4.74 Å². The molecule has 1 aliphatic heterocycles. The first kappa shape index (κ1) is 13.1. The number of hydrogen-bond donors (Lipinski definition) is 2. The summed E-state index contributed by atoms with van der Waals surface area (Å²) in [6.45, 7) is 2.32. The summed E-state index contributed by atoms with van der Waals surface area (Å²) in [4.78, 5) is 12.3. The van der Waals surface area contributed by atoms with E-state index in [0.29, 0.717) is 19.1 Å². The Balaban J connectivity index is 1.33. The molecular weight excluding hydrogens is 252 g/mol. The summed E-state index contributed by atoms with van der Waals surface area (Å²) in [5, 5.41) is 6.74. The third-order valence-electron chi connectivity index (χ3n) is 5.98. The summed E-state index contributed by atoms with van der Waals surface area (Å²) in [7, 11) is 0. The Kier molecular flexibility index (Phi) is 3.47. The zero-order chi connectivity index (χ0) is 13.5. The number of morpholine rings is 1. The number of carbonyl (C=O) groups excluding carboxylic acids is 1. The molecule has 0 spiro atoms. The van der Waals surface area contributed by atoms with Crippen LogP contribution in [0.25, 0.3) is 0 Å². The van der Waals surface area contributed by atoms with Crippen molar-refractivity contribution >= 4 is 5.91 Å². The molecule has 4 aliphatic carbocycles. The van der Waals surface area contributed by atoms with E-state index in [1.54, 1.807) is 0 Å². The monoisotopic (exact) mass is 278 g/mol. The first-order chi connectivity index (χ1) is 9.78. The van der Waals surface area contributed by atoms with Gasteiger partial charge in [0.05, 0.1) is 13.2 Å². The lowest BCUT2D eigenvalue weighted by molar-refractivity contribution is -0.126. The van der Waals surface area contributed by atoms with Crippen molar-refractivity contribution in [1.82, 2.24) is 10.6 Å². The van der Waals surface area contributed by atoms with Crippen LogP contribution in [0.5, 0.6) is 0 Å². The zero-order valence-corrected chi connectivity index (χ0v) is 12.1. The summed E-state index contributed by atoms with van der Waals surface area (Å²) in [6, 6.07) is 0.681. The molecule has 0 aromatic heterocycles. The van der Waals surface area contributed by atoms with Gasteiger partial charge in [-0.3, -0.25) is 4.79 Å². The van der Waals surface area contributed by atoms with E-state index >= 15 is 0 Å². The molecule has 20 heavy (non-hydrogen) atoms. The Bertz CT molecular complexity index is 351. The molecule has 4 heteroatoms. The smallest absolute Gasteiger partial charge is 0.221 e. The van der Waals surface area contributed by atoms with Crippen LogP contribution >= 0.6 is 0 Å². The van der Waals surface area contributed by atoms with Crippen molar-refractivity contribution in [2.24, 2.45) is 23.7 Å². The Labute approximate surface area is 121 Å². The van der Waals surface area contributed by atoms with Crippen molar-refractivity contribution in [2.45, 2.75) is 50.6 Å². The summed E-state index contributed by atoms with van der Waals surface area (Å²) in [6.07, 6.45) is 7.50. The Morgan fingerprint density at radius 2 is 1.80 bits per heavy atom. The second-order valence-electron chi connectivity index (χ2n) is 7.45. The number of nitrogens with one attached hydrogen (secondary N) is 2. The van der Waals surface area contributed by atoms with Gasteiger partial charge in [-0.2, -0.15) is 0 Å². The maximum absolute atomic E-state index is 12.3. The van der Waals surface area contributed by atoms with E-state index in [1.807, 2.05) is 0 Å². The van der Waals surface area contributed by atoms with Gasteiger partial charge < -0.3 is 15.4 Å². The molecule has 4 nitrogen and oxygen atoms in total. The van der Waals surface area contributed by atoms with Gasteiger partial charge in [0.25, 0.3) is 0 Å². The minimum Gasteiger partial charge on any atom is -0.378 e. The summed E-state index contributed by atoms with van der Waals surface area (Å²) in [5.41, 5.74) is 0. The number of rotatable bonds is 3. The van der Waals surface area contributed by atoms with Crippen LogP contribution < -0.4 is 10.6 Å². The number of ether oxygens (including phenoxy) is 1. The molecular formula is C16H26N2O2. The molecule has 4 bridgehead atoms. The van der Waals surface area contributed by atoms with Crippen LogP contribution in [0.4, 0.5) is 0 Å². The summed E-state index contributed by atoms with van der Waals surface area (Å²) in [5.74, 6) is 3.71. The van der Waals surface area contributed by atoms with Crippen LogP contribution in [0.1, 0.15) is 38.5 Å². The van der Waals surface area contributed by atoms with Gasteiger partial charge in [0.2, 0.25) is 5.91 Å². The van der Waals surface area contributed by atoms with Crippen LogP contribution in [0, 0.1) is 23.7 Å². The van der Waals surface area contributed by atoms with Gasteiger partial charge in [-0.05, 0) is 55.8 Å². The number of amides is 1. The van der Waals surface area contributed by atoms with Crippen molar-refractivity contribution < 1.29 is 9.53 Å². The largest absolute Gasteiger partial charge is 0.378 e. The standard InChI is InChI=1S/C16H26N2O2/c19-15(8-14-9-20-2-1-17-14)18-16-12-4-10-3-11(6-12)7-13(16)5-10/h10-14,16-17H,1-9H2,(H,18,19). The highest BCUT2D eigenvalue weighted by Gasteiger charge is 2.48. The topological polar surface area (TPSA) is 50.4 Å². The van der Waals surface area contributed by atoms with Crippen molar-refractivity contribution in [1.29, 1.82) is 0 Å². The second kappa shape index (κ2) is 5.30. The van der Waals surface area contributed by atoms with Crippen LogP contribution in [0.3, 0.4) is 0 Å². The van der Waals surface area contributed by atoms with Crippen LogP contribution in [0.2, 0.25) is 0 Å². The number of hydrogen-bond acceptors (Lipinski definition) is 3. The molecule has 4 saturated carbocycles. The molecule has 5 aliphatic rings. The first-order valence-electron chi connectivity index (χ1n) is 8.38. The SMILES string of the molecule is O=C(CC1COCCN1)NC1C2CC3CC(C2)CC1C3. The van der Waals surface area contributed by atoms with Crippen LogP contribution in [-0.2, 0) is 9.53 Å². The fraction of sp³-hybridized carbons (Fsp3) is 0.938. The molecule has 1 unspecified atom stereocenters. The van der Waals surface area contributed by atoms with Gasteiger partial charge in [-0.1, -0.05) is 0 Å². The quantitative estimate of drug-likeness (QED) is 0.818. The highest BCUT2D eigenvalue weighted by atomic mass is 16.5. The molecule has 1 amide bonds. The third-order valence-corrected chi connectivity index (χ3v) is 5.98. The minimum absolute atomic E-state index is 0.209. The van der Waals surface area contributed by atoms with Gasteiger partial charge in [-0.25, -0.2) is 0 Å². The van der Waals surface area contributed by atoms with Crippen LogP contribution in [0.15, 0.2) is 0 Å². The molecule has 0 aromatic carbocycles. The van der Waals surface area contributed by atoms with E-state index in [1.165, 1.54) is 32.1 Å². The van der Waals surface area contributed by atoms with Crippen molar-refractivity contribution in [3.8, 4) is 0 Å². The zero-order valence-electron chi connectivity index (χ0n) is 12.1. The fourth-order valence-corrected chi connectivity index (χ4v) is 5.38. The maximum Gasteiger partial charge on any atom is 0.221 e. The van der Waals surface area contributed by atoms with Gasteiger partial charge >= 0.3 is 0 Å². The number of carbonyl (C=O) groups is 1. The van der Waals surface area contributed by atoms with E-state index < -0.39 is 0 Å². The van der Waals surface area contributed by atoms with E-state index in [2.05, 4.69) is 10.6 Å². The molecule has 1 atom stereocenters. The minimum atomic E-state index is 0.209. The molecule has 5 fully saturated rings. The Hall–Kier alpha value is -0.610. The lowest BCUT2D eigenvalue weighted by Gasteiger charge is -2.54. The molecule has 0 radical (unpaired) electrons. The van der Waals surface area contributed by atoms with E-state index in [0.717, 1.165) is 36.8 Å². The lowest BCUT2D eigenvalue weighted by Crippen LogP contribution is -2.56. The van der Waals surface area contributed by atoms with Crippen molar-refractivity contribution in [2.75, 3.05) is 19.8 Å². The second-order valence-corrected chi connectivity index (χ2v) is 7.45. The maximum atomic E-state index is 12.3. The fourth-order valence-electron chi connectivity index (χ4n) is 5.38. The predicted octanol–water partition coefficient (Wildman–Crippen LogP) is 1.31. The third kappa shape index (κ3) is 2.48. The van der Waals surface area contributed by atoms with Gasteiger partial charge in [0, 0.05) is 25.0 Å². The lowest BCUT2D eigenvalue weighted by atomic mass is 9.54. The highest BCUT2D eigenvalue weighted by molar-refractivity contribution is 5.77. The summed E-state index contributed by atoms with van der Waals surface area (Å²) >= 11 is 0. The van der Waals surface area contributed by atoms with E-state index in [-0.39, 0.29) is 11.9 Å². The van der Waals surface area contributed by atoms with E-state index in [9.17, 15) is 4.79 Å². The van der Waals surface area contributed by atoms with Crippen molar-refractivity contribution in [3.63, 3.8) is 0 Å². The molecule has 112 valence electrons. The molecule has 5 rings (SSSR count). The first-order valence-corrected chi connectivity index (χ1v) is 8.38. The Morgan fingerprint density at radius 3 is 2.40 bits per heavy atom. The molecule has 2 N–H and O–H groups in total. The summed E-state index contributed by atoms with van der Waals surface area (Å²) < 4.78 is 5.42.